The van der Waals surface area contributed by atoms with Crippen LogP contribution in [0.3, 0.4) is 0 Å². The third-order valence-electron chi connectivity index (χ3n) is 4.06. The summed E-state index contributed by atoms with van der Waals surface area (Å²) in [5.41, 5.74) is 1.79. The van der Waals surface area contributed by atoms with Gasteiger partial charge in [0.1, 0.15) is 22.5 Å². The van der Waals surface area contributed by atoms with E-state index in [0.717, 1.165) is 17.2 Å². The van der Waals surface area contributed by atoms with E-state index in [1.54, 1.807) is 24.5 Å². The first-order chi connectivity index (χ1) is 12.7. The molecule has 0 saturated heterocycles. The summed E-state index contributed by atoms with van der Waals surface area (Å²) < 4.78 is 10.7. The van der Waals surface area contributed by atoms with Crippen molar-refractivity contribution in [3.63, 3.8) is 0 Å². The van der Waals surface area contributed by atoms with Gasteiger partial charge in [-0.15, -0.1) is 0 Å². The van der Waals surface area contributed by atoms with E-state index >= 15 is 0 Å². The molecule has 0 bridgehead atoms. The molecule has 3 heterocycles. The standard InChI is InChI=1S/C19H15N3O4/c23-22(24)19-11-10-16(26-19)9-8-14-13-17(18-7-4-12-25-18)21(20-14)15-5-2-1-3-6-15/h1-12,17H,13H2/b9-8-/t17-/m0/s1. The second kappa shape index (κ2) is 6.72. The van der Waals surface area contributed by atoms with E-state index in [4.69, 9.17) is 8.83 Å². The molecule has 1 aliphatic heterocycles. The molecule has 0 saturated carbocycles. The number of nitro groups is 1. The van der Waals surface area contributed by atoms with Gasteiger partial charge in [0, 0.05) is 6.42 Å². The van der Waals surface area contributed by atoms with Crippen LogP contribution in [0, 0.1) is 10.1 Å². The Morgan fingerprint density at radius 1 is 1.12 bits per heavy atom. The minimum absolute atomic E-state index is 0.0435. The van der Waals surface area contributed by atoms with Gasteiger partial charge in [0.15, 0.2) is 0 Å². The Morgan fingerprint density at radius 3 is 2.65 bits per heavy atom. The molecule has 130 valence electrons. The van der Waals surface area contributed by atoms with Gasteiger partial charge in [0.2, 0.25) is 0 Å². The largest absolute Gasteiger partial charge is 0.467 e. The number of hydrogen-bond acceptors (Lipinski definition) is 6. The molecule has 0 amide bonds. The lowest BCUT2D eigenvalue weighted by molar-refractivity contribution is -0.402. The molecular weight excluding hydrogens is 334 g/mol. The zero-order valence-corrected chi connectivity index (χ0v) is 13.7. The van der Waals surface area contributed by atoms with Crippen LogP contribution >= 0.6 is 0 Å². The van der Waals surface area contributed by atoms with E-state index in [1.807, 2.05) is 47.5 Å². The summed E-state index contributed by atoms with van der Waals surface area (Å²) in [6, 6.07) is 16.5. The fourth-order valence-corrected chi connectivity index (χ4v) is 2.86. The van der Waals surface area contributed by atoms with Crippen LogP contribution in [0.15, 0.2) is 80.9 Å². The summed E-state index contributed by atoms with van der Waals surface area (Å²) in [6.07, 6.45) is 5.79. The fraction of sp³-hybridized carbons (Fsp3) is 0.105. The number of nitrogens with zero attached hydrogens (tertiary/aromatic N) is 3. The Bertz CT molecular complexity index is 958. The lowest BCUT2D eigenvalue weighted by Gasteiger charge is -2.21. The molecule has 3 aromatic rings. The SMILES string of the molecule is O=[N+]([O-])c1ccc(/C=C\C2=NN(c3ccccc3)[C@H](c3ccco3)C2)o1. The van der Waals surface area contributed by atoms with Crippen LogP contribution in [0.4, 0.5) is 11.6 Å². The van der Waals surface area contributed by atoms with Gasteiger partial charge in [-0.3, -0.25) is 15.1 Å². The van der Waals surface area contributed by atoms with Crippen molar-refractivity contribution in [2.45, 2.75) is 12.5 Å². The van der Waals surface area contributed by atoms with Crippen molar-refractivity contribution in [3.8, 4) is 0 Å². The molecule has 0 unspecified atom stereocenters. The van der Waals surface area contributed by atoms with E-state index in [9.17, 15) is 10.1 Å². The molecule has 0 fully saturated rings. The lowest BCUT2D eigenvalue weighted by atomic mass is 10.1. The quantitative estimate of drug-likeness (QED) is 0.488. The highest BCUT2D eigenvalue weighted by Gasteiger charge is 2.30. The molecular formula is C19H15N3O4. The maximum Gasteiger partial charge on any atom is 0.433 e. The van der Waals surface area contributed by atoms with E-state index < -0.39 is 4.92 Å². The summed E-state index contributed by atoms with van der Waals surface area (Å²) in [7, 11) is 0. The third kappa shape index (κ3) is 3.14. The molecule has 0 N–H and O–H groups in total. The van der Waals surface area contributed by atoms with Crippen LogP contribution in [0.5, 0.6) is 0 Å². The Kier molecular flexibility index (Phi) is 4.10. The van der Waals surface area contributed by atoms with Crippen LogP contribution in [0.2, 0.25) is 0 Å². The summed E-state index contributed by atoms with van der Waals surface area (Å²) in [4.78, 5) is 10.1. The number of allylic oxidation sites excluding steroid dienone is 1. The molecule has 7 nitrogen and oxygen atoms in total. The van der Waals surface area contributed by atoms with Crippen molar-refractivity contribution in [1.29, 1.82) is 0 Å². The molecule has 0 radical (unpaired) electrons. The zero-order chi connectivity index (χ0) is 17.9. The fourth-order valence-electron chi connectivity index (χ4n) is 2.86. The van der Waals surface area contributed by atoms with Crippen molar-refractivity contribution in [2.75, 3.05) is 5.01 Å². The van der Waals surface area contributed by atoms with E-state index in [0.29, 0.717) is 12.2 Å². The molecule has 1 aromatic carbocycles. The number of anilines is 1. The molecule has 0 aliphatic carbocycles. The van der Waals surface area contributed by atoms with Crippen LogP contribution < -0.4 is 5.01 Å². The number of hydrazone groups is 1. The normalized spacial score (nSPS) is 17.0. The molecule has 26 heavy (non-hydrogen) atoms. The minimum Gasteiger partial charge on any atom is -0.467 e. The van der Waals surface area contributed by atoms with Crippen LogP contribution in [-0.2, 0) is 0 Å². The first-order valence-electron chi connectivity index (χ1n) is 8.08. The molecule has 4 rings (SSSR count). The summed E-state index contributed by atoms with van der Waals surface area (Å²) in [5, 5.41) is 17.3. The van der Waals surface area contributed by atoms with Crippen molar-refractivity contribution < 1.29 is 13.8 Å². The predicted molar refractivity (Wildman–Crippen MR) is 96.8 cm³/mol. The van der Waals surface area contributed by atoms with Gasteiger partial charge in [-0.2, -0.15) is 5.10 Å². The maximum absolute atomic E-state index is 10.7. The van der Waals surface area contributed by atoms with Gasteiger partial charge < -0.3 is 8.83 Å². The van der Waals surface area contributed by atoms with E-state index in [1.165, 1.54) is 6.07 Å². The van der Waals surface area contributed by atoms with E-state index in [-0.39, 0.29) is 11.9 Å². The van der Waals surface area contributed by atoms with Crippen LogP contribution in [-0.4, -0.2) is 10.6 Å². The average molecular weight is 349 g/mol. The van der Waals surface area contributed by atoms with E-state index in [2.05, 4.69) is 5.10 Å². The van der Waals surface area contributed by atoms with Crippen molar-refractivity contribution in [2.24, 2.45) is 5.10 Å². The van der Waals surface area contributed by atoms with Gasteiger partial charge in [-0.25, -0.2) is 0 Å². The first-order valence-corrected chi connectivity index (χ1v) is 8.08. The monoisotopic (exact) mass is 349 g/mol. The topological polar surface area (TPSA) is 85.0 Å². The third-order valence-corrected chi connectivity index (χ3v) is 4.06. The summed E-state index contributed by atoms with van der Waals surface area (Å²) >= 11 is 0. The Morgan fingerprint density at radius 2 is 1.96 bits per heavy atom. The second-order valence-corrected chi connectivity index (χ2v) is 5.77. The Hall–Kier alpha value is -3.61. The molecule has 1 aliphatic rings. The van der Waals surface area contributed by atoms with Crippen LogP contribution in [0.1, 0.15) is 24.0 Å². The number of hydrogen-bond donors (Lipinski definition) is 0. The summed E-state index contributed by atoms with van der Waals surface area (Å²) in [5.74, 6) is 0.958. The number of para-hydroxylation sites is 1. The van der Waals surface area contributed by atoms with Gasteiger partial charge >= 0.3 is 5.88 Å². The highest BCUT2D eigenvalue weighted by molar-refractivity contribution is 6.00. The first kappa shape index (κ1) is 15.9. The smallest absolute Gasteiger partial charge is 0.433 e. The Balaban J connectivity index is 1.60. The van der Waals surface area contributed by atoms with Gasteiger partial charge in [-0.05, 0) is 42.5 Å². The molecule has 1 atom stereocenters. The van der Waals surface area contributed by atoms with Crippen molar-refractivity contribution in [3.05, 3.63) is 88.6 Å². The van der Waals surface area contributed by atoms with Gasteiger partial charge in [0.05, 0.1) is 23.7 Å². The predicted octanol–water partition coefficient (Wildman–Crippen LogP) is 4.80. The highest BCUT2D eigenvalue weighted by atomic mass is 16.6. The maximum atomic E-state index is 10.7. The zero-order valence-electron chi connectivity index (χ0n) is 13.7. The minimum atomic E-state index is -0.561. The number of furan rings is 2. The van der Waals surface area contributed by atoms with Crippen molar-refractivity contribution in [1.82, 2.24) is 0 Å². The highest BCUT2D eigenvalue weighted by Crippen LogP contribution is 2.35. The van der Waals surface area contributed by atoms with Crippen LogP contribution in [0.25, 0.3) is 6.08 Å². The summed E-state index contributed by atoms with van der Waals surface area (Å²) in [6.45, 7) is 0. The lowest BCUT2D eigenvalue weighted by Crippen LogP contribution is -2.17. The Labute approximate surface area is 149 Å². The molecule has 0 spiro atoms. The second-order valence-electron chi connectivity index (χ2n) is 5.77. The average Bonchev–Trinajstić information content (AvgIpc) is 3.39. The van der Waals surface area contributed by atoms with Gasteiger partial charge in [-0.1, -0.05) is 18.2 Å². The van der Waals surface area contributed by atoms with Gasteiger partial charge in [0.25, 0.3) is 0 Å². The molecule has 7 heteroatoms. The molecule has 2 aromatic heterocycles. The van der Waals surface area contributed by atoms with Crippen molar-refractivity contribution >= 4 is 23.4 Å². The number of rotatable bonds is 5. The number of benzene rings is 1.